The van der Waals surface area contributed by atoms with E-state index in [9.17, 15) is 4.79 Å². The highest BCUT2D eigenvalue weighted by atomic mass is 32.1. The predicted molar refractivity (Wildman–Crippen MR) is 59.6 cm³/mol. The summed E-state index contributed by atoms with van der Waals surface area (Å²) in [5.74, 6) is -0.0382. The standard InChI is InChI=1S/C10H16N2O2S/c1-7(13)3-4-9(14)11-6-10-12-5-8(2)15-10/h5,7,13H,3-4,6H2,1-2H3,(H,11,14). The molecule has 1 aromatic rings. The number of rotatable bonds is 5. The third kappa shape index (κ3) is 4.90. The fourth-order valence-corrected chi connectivity index (χ4v) is 1.81. The Morgan fingerprint density at radius 3 is 3.00 bits per heavy atom. The van der Waals surface area contributed by atoms with Gasteiger partial charge in [-0.3, -0.25) is 4.79 Å². The van der Waals surface area contributed by atoms with Gasteiger partial charge in [-0.2, -0.15) is 0 Å². The fourth-order valence-electron chi connectivity index (χ4n) is 1.09. The fraction of sp³-hybridized carbons (Fsp3) is 0.600. The van der Waals surface area contributed by atoms with Crippen LogP contribution in [0.3, 0.4) is 0 Å². The van der Waals surface area contributed by atoms with Gasteiger partial charge in [-0.15, -0.1) is 11.3 Å². The maximum Gasteiger partial charge on any atom is 0.220 e. The van der Waals surface area contributed by atoms with Gasteiger partial charge >= 0.3 is 0 Å². The molecule has 1 aromatic heterocycles. The molecule has 0 aliphatic rings. The number of aryl methyl sites for hydroxylation is 1. The van der Waals surface area contributed by atoms with E-state index in [1.54, 1.807) is 24.5 Å². The lowest BCUT2D eigenvalue weighted by molar-refractivity contribution is -0.121. The molecular formula is C10H16N2O2S. The Morgan fingerprint density at radius 2 is 2.47 bits per heavy atom. The van der Waals surface area contributed by atoms with Crippen molar-refractivity contribution in [2.24, 2.45) is 0 Å². The third-order valence-electron chi connectivity index (χ3n) is 1.90. The molecule has 0 bridgehead atoms. The molecule has 0 aromatic carbocycles. The number of carbonyl (C=O) groups excluding carboxylic acids is 1. The van der Waals surface area contributed by atoms with Crippen LogP contribution in [0.2, 0.25) is 0 Å². The summed E-state index contributed by atoms with van der Waals surface area (Å²) in [4.78, 5) is 16.6. The van der Waals surface area contributed by atoms with Crippen molar-refractivity contribution in [1.82, 2.24) is 10.3 Å². The van der Waals surface area contributed by atoms with Gasteiger partial charge in [0.05, 0.1) is 12.6 Å². The number of carbonyl (C=O) groups is 1. The summed E-state index contributed by atoms with van der Waals surface area (Å²) in [6.45, 7) is 4.14. The van der Waals surface area contributed by atoms with Crippen molar-refractivity contribution in [3.05, 3.63) is 16.1 Å². The highest BCUT2D eigenvalue weighted by molar-refractivity contribution is 7.11. The molecule has 2 N–H and O–H groups in total. The van der Waals surface area contributed by atoms with Gasteiger partial charge in [0, 0.05) is 17.5 Å². The molecule has 0 fully saturated rings. The highest BCUT2D eigenvalue weighted by Crippen LogP contribution is 2.10. The van der Waals surface area contributed by atoms with Gasteiger partial charge in [0.25, 0.3) is 0 Å². The van der Waals surface area contributed by atoms with E-state index in [1.807, 2.05) is 6.92 Å². The van der Waals surface area contributed by atoms with E-state index in [4.69, 9.17) is 5.11 Å². The van der Waals surface area contributed by atoms with Crippen LogP contribution >= 0.6 is 11.3 Å². The smallest absolute Gasteiger partial charge is 0.220 e. The Labute approximate surface area is 93.4 Å². The summed E-state index contributed by atoms with van der Waals surface area (Å²) >= 11 is 1.58. The van der Waals surface area contributed by atoms with Gasteiger partial charge in [-0.1, -0.05) is 0 Å². The molecule has 0 saturated carbocycles. The van der Waals surface area contributed by atoms with Crippen LogP contribution in [0.15, 0.2) is 6.20 Å². The molecule has 0 aliphatic heterocycles. The van der Waals surface area contributed by atoms with Crippen molar-refractivity contribution < 1.29 is 9.90 Å². The molecule has 1 heterocycles. The summed E-state index contributed by atoms with van der Waals surface area (Å²) in [5, 5.41) is 12.7. The van der Waals surface area contributed by atoms with Crippen molar-refractivity contribution in [3.8, 4) is 0 Å². The number of aliphatic hydroxyl groups excluding tert-OH is 1. The number of aliphatic hydroxyl groups is 1. The van der Waals surface area contributed by atoms with Crippen LogP contribution in [0.25, 0.3) is 0 Å². The summed E-state index contributed by atoms with van der Waals surface area (Å²) in [5.41, 5.74) is 0. The van der Waals surface area contributed by atoms with Crippen molar-refractivity contribution >= 4 is 17.2 Å². The molecule has 1 rings (SSSR count). The molecule has 1 atom stereocenters. The molecule has 15 heavy (non-hydrogen) atoms. The largest absolute Gasteiger partial charge is 0.393 e. The van der Waals surface area contributed by atoms with Crippen LogP contribution in [0.1, 0.15) is 29.7 Å². The molecule has 0 saturated heterocycles. The maximum absolute atomic E-state index is 11.3. The number of thiazole rings is 1. The van der Waals surface area contributed by atoms with Crippen LogP contribution in [-0.2, 0) is 11.3 Å². The first kappa shape index (κ1) is 12.1. The van der Waals surface area contributed by atoms with Gasteiger partial charge in [-0.25, -0.2) is 4.98 Å². The minimum absolute atomic E-state index is 0.0382. The van der Waals surface area contributed by atoms with Gasteiger partial charge < -0.3 is 10.4 Å². The van der Waals surface area contributed by atoms with E-state index in [-0.39, 0.29) is 5.91 Å². The minimum Gasteiger partial charge on any atom is -0.393 e. The lowest BCUT2D eigenvalue weighted by Crippen LogP contribution is -2.23. The lowest BCUT2D eigenvalue weighted by atomic mass is 10.2. The van der Waals surface area contributed by atoms with Crippen LogP contribution in [-0.4, -0.2) is 22.1 Å². The maximum atomic E-state index is 11.3. The van der Waals surface area contributed by atoms with Gasteiger partial charge in [0.2, 0.25) is 5.91 Å². The molecule has 1 amide bonds. The molecule has 0 aliphatic carbocycles. The first-order valence-corrected chi connectivity index (χ1v) is 5.75. The lowest BCUT2D eigenvalue weighted by Gasteiger charge is -2.04. The second-order valence-corrected chi connectivity index (χ2v) is 4.85. The predicted octanol–water partition coefficient (Wildman–Crippen LogP) is 1.23. The molecule has 4 nitrogen and oxygen atoms in total. The highest BCUT2D eigenvalue weighted by Gasteiger charge is 2.05. The van der Waals surface area contributed by atoms with Crippen LogP contribution in [0.5, 0.6) is 0 Å². The van der Waals surface area contributed by atoms with Gasteiger partial charge in [0.1, 0.15) is 5.01 Å². The van der Waals surface area contributed by atoms with Gasteiger partial charge in [0.15, 0.2) is 0 Å². The normalized spacial score (nSPS) is 12.5. The van der Waals surface area contributed by atoms with Crippen LogP contribution < -0.4 is 5.32 Å². The number of aromatic nitrogens is 1. The quantitative estimate of drug-likeness (QED) is 0.796. The Balaban J connectivity index is 2.22. The zero-order chi connectivity index (χ0) is 11.3. The second kappa shape index (κ2) is 5.82. The average molecular weight is 228 g/mol. The van der Waals surface area contributed by atoms with E-state index in [2.05, 4.69) is 10.3 Å². The topological polar surface area (TPSA) is 62.2 Å². The number of amides is 1. The van der Waals surface area contributed by atoms with Crippen molar-refractivity contribution in [2.75, 3.05) is 0 Å². The summed E-state index contributed by atoms with van der Waals surface area (Å²) in [6.07, 6.45) is 2.24. The minimum atomic E-state index is -0.419. The Morgan fingerprint density at radius 1 is 1.73 bits per heavy atom. The van der Waals surface area contributed by atoms with E-state index in [0.29, 0.717) is 19.4 Å². The zero-order valence-corrected chi connectivity index (χ0v) is 9.80. The molecule has 0 spiro atoms. The van der Waals surface area contributed by atoms with Crippen molar-refractivity contribution in [2.45, 2.75) is 39.3 Å². The van der Waals surface area contributed by atoms with Crippen LogP contribution in [0.4, 0.5) is 0 Å². The van der Waals surface area contributed by atoms with Crippen molar-refractivity contribution in [1.29, 1.82) is 0 Å². The van der Waals surface area contributed by atoms with Crippen LogP contribution in [0, 0.1) is 6.92 Å². The summed E-state index contributed by atoms with van der Waals surface area (Å²) in [7, 11) is 0. The number of nitrogens with one attached hydrogen (secondary N) is 1. The molecule has 0 radical (unpaired) electrons. The molecule has 5 heteroatoms. The van der Waals surface area contributed by atoms with E-state index in [1.165, 1.54) is 0 Å². The molecule has 84 valence electrons. The van der Waals surface area contributed by atoms with Gasteiger partial charge in [-0.05, 0) is 20.3 Å². The number of hydrogen-bond donors (Lipinski definition) is 2. The summed E-state index contributed by atoms with van der Waals surface area (Å²) in [6, 6.07) is 0. The van der Waals surface area contributed by atoms with E-state index < -0.39 is 6.10 Å². The van der Waals surface area contributed by atoms with Crippen molar-refractivity contribution in [3.63, 3.8) is 0 Å². The number of hydrogen-bond acceptors (Lipinski definition) is 4. The third-order valence-corrected chi connectivity index (χ3v) is 2.81. The van der Waals surface area contributed by atoms with E-state index in [0.717, 1.165) is 9.88 Å². The molecule has 1 unspecified atom stereocenters. The SMILES string of the molecule is Cc1cnc(CNC(=O)CCC(C)O)s1. The van der Waals surface area contributed by atoms with E-state index >= 15 is 0 Å². The molecular weight excluding hydrogens is 212 g/mol. The Bertz CT molecular complexity index is 323. The average Bonchev–Trinajstić information content (AvgIpc) is 2.58. The monoisotopic (exact) mass is 228 g/mol. The Kier molecular flexibility index (Phi) is 4.71. The zero-order valence-electron chi connectivity index (χ0n) is 8.99. The Hall–Kier alpha value is -0.940. The first-order chi connectivity index (χ1) is 7.08. The second-order valence-electron chi connectivity index (χ2n) is 3.53. The number of nitrogens with zero attached hydrogens (tertiary/aromatic N) is 1. The summed E-state index contributed by atoms with van der Waals surface area (Å²) < 4.78 is 0. The first-order valence-electron chi connectivity index (χ1n) is 4.94.